The lowest BCUT2D eigenvalue weighted by molar-refractivity contribution is 0.313. The summed E-state index contributed by atoms with van der Waals surface area (Å²) < 4.78 is 20.6. The van der Waals surface area contributed by atoms with Gasteiger partial charge in [0.05, 0.1) is 0 Å². The summed E-state index contributed by atoms with van der Waals surface area (Å²) >= 11 is 6.50. The maximum Gasteiger partial charge on any atom is 0.243 e. The van der Waals surface area contributed by atoms with Crippen LogP contribution >= 0.6 is 11.6 Å². The Kier molecular flexibility index (Phi) is 5.78. The van der Waals surface area contributed by atoms with Crippen molar-refractivity contribution in [2.45, 2.75) is 6.92 Å². The van der Waals surface area contributed by atoms with Crippen molar-refractivity contribution >= 4 is 39.7 Å². The monoisotopic (exact) mass is 466 g/mol. The number of fused-ring (bicyclic) bond motifs is 1. The molecular weight excluding hydrogens is 443 g/mol. The van der Waals surface area contributed by atoms with E-state index in [0.717, 1.165) is 37.6 Å². The van der Waals surface area contributed by atoms with Crippen molar-refractivity contribution in [1.82, 2.24) is 19.9 Å². The number of H-pyrrole nitrogens is 1. The second-order valence-corrected chi connectivity index (χ2v) is 8.57. The molecular formula is C24H24ClFN6O. The summed E-state index contributed by atoms with van der Waals surface area (Å²) in [6.07, 6.45) is 1.33. The molecule has 1 aliphatic heterocycles. The lowest BCUT2D eigenvalue weighted by Gasteiger charge is -2.34. The van der Waals surface area contributed by atoms with E-state index >= 15 is 0 Å². The Morgan fingerprint density at radius 1 is 1.06 bits per heavy atom. The number of likely N-dealkylation sites (N-methyl/N-ethyl adjacent to an activating group) is 1. The summed E-state index contributed by atoms with van der Waals surface area (Å²) in [6.45, 7) is 5.99. The Hall–Kier alpha value is -3.36. The maximum absolute atomic E-state index is 14.9. The predicted octanol–water partition coefficient (Wildman–Crippen LogP) is 5.35. The molecule has 9 heteroatoms. The van der Waals surface area contributed by atoms with Crippen molar-refractivity contribution < 1.29 is 9.13 Å². The summed E-state index contributed by atoms with van der Waals surface area (Å²) in [7, 11) is 2.14. The molecule has 0 unspecified atom stereocenters. The third-order valence-electron chi connectivity index (χ3n) is 5.80. The number of rotatable bonds is 5. The first-order chi connectivity index (χ1) is 16.0. The highest BCUT2D eigenvalue weighted by molar-refractivity contribution is 6.34. The molecule has 1 fully saturated rings. The van der Waals surface area contributed by atoms with Crippen molar-refractivity contribution in [2.24, 2.45) is 0 Å². The fourth-order valence-electron chi connectivity index (χ4n) is 3.94. The summed E-state index contributed by atoms with van der Waals surface area (Å²) in [5, 5.41) is 3.82. The number of nitrogens with one attached hydrogen (secondary N) is 2. The second kappa shape index (κ2) is 8.88. The smallest absolute Gasteiger partial charge is 0.243 e. The molecule has 5 rings (SSSR count). The summed E-state index contributed by atoms with van der Waals surface area (Å²) in [4.78, 5) is 16.1. The average Bonchev–Trinajstić information content (AvgIpc) is 3.20. The van der Waals surface area contributed by atoms with Crippen LogP contribution in [0.4, 0.5) is 21.6 Å². The van der Waals surface area contributed by atoms with Gasteiger partial charge in [0.1, 0.15) is 11.3 Å². The minimum absolute atomic E-state index is 0.0459. The van der Waals surface area contributed by atoms with Crippen LogP contribution in [0.15, 0.2) is 48.8 Å². The third-order valence-corrected chi connectivity index (χ3v) is 6.14. The van der Waals surface area contributed by atoms with Gasteiger partial charge in [-0.1, -0.05) is 11.6 Å². The number of anilines is 3. The van der Waals surface area contributed by atoms with Gasteiger partial charge in [-0.05, 0) is 56.4 Å². The third kappa shape index (κ3) is 4.44. The van der Waals surface area contributed by atoms with Crippen molar-refractivity contribution in [3.8, 4) is 11.6 Å². The minimum Gasteiger partial charge on any atom is -0.434 e. The SMILES string of the molecule is Cc1cc2c(F)c(Oc3ncnc(Nc4ccc(N5CCN(C)CC5)cc4)c3Cl)ccc2[nH]1. The van der Waals surface area contributed by atoms with E-state index in [-0.39, 0.29) is 16.7 Å². The van der Waals surface area contributed by atoms with Gasteiger partial charge in [0.15, 0.2) is 17.4 Å². The first-order valence-corrected chi connectivity index (χ1v) is 11.1. The molecule has 3 heterocycles. The quantitative estimate of drug-likeness (QED) is 0.413. The standard InChI is InChI=1S/C24H24ClFN6O/c1-15-13-18-19(29-15)7-8-20(22(18)26)33-24-21(25)23(27-14-28-24)30-16-3-5-17(6-4-16)32-11-9-31(2)10-12-32/h3-8,13-14,29H,9-12H2,1-2H3,(H,27,28,30). The number of benzene rings is 2. The van der Waals surface area contributed by atoms with Crippen molar-refractivity contribution in [1.29, 1.82) is 0 Å². The minimum atomic E-state index is -0.472. The van der Waals surface area contributed by atoms with Gasteiger partial charge < -0.3 is 24.8 Å². The van der Waals surface area contributed by atoms with Gasteiger partial charge in [0.25, 0.3) is 0 Å². The van der Waals surface area contributed by atoms with Gasteiger partial charge in [-0.15, -0.1) is 0 Å². The fourth-order valence-corrected chi connectivity index (χ4v) is 4.12. The van der Waals surface area contributed by atoms with Crippen molar-refractivity contribution in [3.05, 3.63) is 65.3 Å². The van der Waals surface area contributed by atoms with Gasteiger partial charge in [0, 0.05) is 54.2 Å². The number of aromatic nitrogens is 3. The van der Waals surface area contributed by atoms with Crippen LogP contribution in [0.3, 0.4) is 0 Å². The Labute approximate surface area is 196 Å². The number of aryl methyl sites for hydroxylation is 1. The lowest BCUT2D eigenvalue weighted by Crippen LogP contribution is -2.44. The molecule has 7 nitrogen and oxygen atoms in total. The zero-order valence-corrected chi connectivity index (χ0v) is 19.2. The Balaban J connectivity index is 1.33. The fraction of sp³-hybridized carbons (Fsp3) is 0.250. The largest absolute Gasteiger partial charge is 0.434 e. The van der Waals surface area contributed by atoms with Crippen LogP contribution in [0.2, 0.25) is 5.02 Å². The zero-order chi connectivity index (χ0) is 22.9. The molecule has 0 saturated carbocycles. The summed E-state index contributed by atoms with van der Waals surface area (Å²) in [6, 6.07) is 13.2. The second-order valence-electron chi connectivity index (χ2n) is 8.20. The van der Waals surface area contributed by atoms with Gasteiger partial charge >= 0.3 is 0 Å². The first kappa shape index (κ1) is 21.5. The van der Waals surface area contributed by atoms with E-state index in [4.69, 9.17) is 16.3 Å². The predicted molar refractivity (Wildman–Crippen MR) is 130 cm³/mol. The van der Waals surface area contributed by atoms with Gasteiger partial charge in [0.2, 0.25) is 5.88 Å². The number of hydrogen-bond acceptors (Lipinski definition) is 6. The highest BCUT2D eigenvalue weighted by Gasteiger charge is 2.17. The zero-order valence-electron chi connectivity index (χ0n) is 18.4. The van der Waals surface area contributed by atoms with E-state index in [1.807, 2.05) is 19.1 Å². The molecule has 2 N–H and O–H groups in total. The lowest BCUT2D eigenvalue weighted by atomic mass is 10.2. The summed E-state index contributed by atoms with van der Waals surface area (Å²) in [5.74, 6) is 0.0341. The Morgan fingerprint density at radius 2 is 1.82 bits per heavy atom. The number of ether oxygens (including phenoxy) is 1. The van der Waals surface area contributed by atoms with Gasteiger partial charge in [-0.2, -0.15) is 4.98 Å². The molecule has 0 aliphatic carbocycles. The first-order valence-electron chi connectivity index (χ1n) is 10.7. The van der Waals surface area contributed by atoms with Crippen LogP contribution in [0.25, 0.3) is 10.9 Å². The highest BCUT2D eigenvalue weighted by atomic mass is 35.5. The van der Waals surface area contributed by atoms with Crippen molar-refractivity contribution in [3.63, 3.8) is 0 Å². The van der Waals surface area contributed by atoms with E-state index in [2.05, 4.69) is 49.2 Å². The average molecular weight is 467 g/mol. The van der Waals surface area contributed by atoms with E-state index in [9.17, 15) is 4.39 Å². The molecule has 0 amide bonds. The number of halogens is 2. The molecule has 4 aromatic rings. The van der Waals surface area contributed by atoms with E-state index in [1.54, 1.807) is 18.2 Å². The Morgan fingerprint density at radius 3 is 2.58 bits per heavy atom. The van der Waals surface area contributed by atoms with E-state index < -0.39 is 5.82 Å². The molecule has 2 aromatic heterocycles. The molecule has 33 heavy (non-hydrogen) atoms. The summed E-state index contributed by atoms with van der Waals surface area (Å²) in [5.41, 5.74) is 3.58. The topological polar surface area (TPSA) is 69.3 Å². The number of hydrogen-bond donors (Lipinski definition) is 2. The number of aromatic amines is 1. The van der Waals surface area contributed by atoms with Crippen LogP contribution in [0.1, 0.15) is 5.69 Å². The Bertz CT molecular complexity index is 1280. The number of piperazine rings is 1. The highest BCUT2D eigenvalue weighted by Crippen LogP contribution is 2.36. The molecule has 170 valence electrons. The molecule has 0 spiro atoms. The van der Waals surface area contributed by atoms with E-state index in [1.165, 1.54) is 12.0 Å². The molecule has 0 bridgehead atoms. The van der Waals surface area contributed by atoms with Gasteiger partial charge in [-0.25, -0.2) is 9.37 Å². The van der Waals surface area contributed by atoms with Crippen LogP contribution in [-0.2, 0) is 0 Å². The van der Waals surface area contributed by atoms with Crippen LogP contribution < -0.4 is 15.0 Å². The van der Waals surface area contributed by atoms with Crippen LogP contribution in [-0.4, -0.2) is 53.1 Å². The number of nitrogens with zero attached hydrogens (tertiary/aromatic N) is 4. The molecule has 2 aromatic carbocycles. The van der Waals surface area contributed by atoms with Crippen LogP contribution in [0.5, 0.6) is 11.6 Å². The normalized spacial score (nSPS) is 14.6. The molecule has 1 saturated heterocycles. The van der Waals surface area contributed by atoms with E-state index in [0.29, 0.717) is 16.7 Å². The van der Waals surface area contributed by atoms with Crippen molar-refractivity contribution in [2.75, 3.05) is 43.4 Å². The molecule has 0 radical (unpaired) electrons. The molecule has 1 aliphatic rings. The van der Waals surface area contributed by atoms with Crippen LogP contribution in [0, 0.1) is 12.7 Å². The maximum atomic E-state index is 14.9. The van der Waals surface area contributed by atoms with Gasteiger partial charge in [-0.3, -0.25) is 0 Å². The molecule has 0 atom stereocenters.